The van der Waals surface area contributed by atoms with Crippen LogP contribution in [-0.2, 0) is 17.9 Å². The normalized spacial score (nSPS) is 10.1. The van der Waals surface area contributed by atoms with E-state index in [4.69, 9.17) is 0 Å². The average molecular weight is 330 g/mol. The predicted octanol–water partition coefficient (Wildman–Crippen LogP) is 1.68. The Morgan fingerprint density at radius 2 is 1.88 bits per heavy atom. The van der Waals surface area contributed by atoms with Crippen LogP contribution in [0.4, 0.5) is 9.18 Å². The number of pyridine rings is 1. The highest BCUT2D eigenvalue weighted by Crippen LogP contribution is 2.02. The third-order valence-electron chi connectivity index (χ3n) is 3.32. The van der Waals surface area contributed by atoms with Gasteiger partial charge in [-0.05, 0) is 29.8 Å². The average Bonchev–Trinajstić information content (AvgIpc) is 2.60. The number of carbonyl (C=O) groups is 2. The SMILES string of the molecule is CN(Cc1ccccn1)C(=O)CNC(=O)NCc1ccc(F)cc1. The monoisotopic (exact) mass is 330 g/mol. The predicted molar refractivity (Wildman–Crippen MR) is 87.3 cm³/mol. The maximum absolute atomic E-state index is 12.8. The first kappa shape index (κ1) is 17.4. The number of amides is 3. The minimum absolute atomic E-state index is 0.113. The lowest BCUT2D eigenvalue weighted by molar-refractivity contribution is -0.129. The Labute approximate surface area is 139 Å². The molecule has 0 bridgehead atoms. The molecule has 3 amide bonds. The molecule has 0 radical (unpaired) electrons. The molecule has 0 aliphatic heterocycles. The Kier molecular flexibility index (Phi) is 6.24. The van der Waals surface area contributed by atoms with Gasteiger partial charge in [0.2, 0.25) is 5.91 Å². The summed E-state index contributed by atoms with van der Waals surface area (Å²) in [5.74, 6) is -0.553. The zero-order chi connectivity index (χ0) is 17.4. The summed E-state index contributed by atoms with van der Waals surface area (Å²) in [5, 5.41) is 5.10. The van der Waals surface area contributed by atoms with Gasteiger partial charge in [-0.2, -0.15) is 0 Å². The van der Waals surface area contributed by atoms with Gasteiger partial charge in [-0.1, -0.05) is 18.2 Å². The van der Waals surface area contributed by atoms with Gasteiger partial charge in [-0.3, -0.25) is 9.78 Å². The highest BCUT2D eigenvalue weighted by atomic mass is 19.1. The molecule has 1 aromatic heterocycles. The van der Waals surface area contributed by atoms with Gasteiger partial charge in [0.05, 0.1) is 18.8 Å². The fourth-order valence-corrected chi connectivity index (χ4v) is 1.96. The number of nitrogens with zero attached hydrogens (tertiary/aromatic N) is 2. The molecular formula is C17H19FN4O2. The van der Waals surface area contributed by atoms with Crippen molar-refractivity contribution in [1.29, 1.82) is 0 Å². The maximum atomic E-state index is 12.8. The Balaban J connectivity index is 1.70. The zero-order valence-corrected chi connectivity index (χ0v) is 13.3. The largest absolute Gasteiger partial charge is 0.338 e. The second-order valence-electron chi connectivity index (χ2n) is 5.23. The lowest BCUT2D eigenvalue weighted by Gasteiger charge is -2.17. The molecule has 2 N–H and O–H groups in total. The molecule has 6 nitrogen and oxygen atoms in total. The number of halogens is 1. The van der Waals surface area contributed by atoms with Crippen molar-refractivity contribution in [3.63, 3.8) is 0 Å². The molecule has 0 fully saturated rings. The van der Waals surface area contributed by atoms with Gasteiger partial charge in [0, 0.05) is 19.8 Å². The molecule has 126 valence electrons. The van der Waals surface area contributed by atoms with Crippen LogP contribution in [0.25, 0.3) is 0 Å². The lowest BCUT2D eigenvalue weighted by atomic mass is 10.2. The number of nitrogens with one attached hydrogen (secondary N) is 2. The fourth-order valence-electron chi connectivity index (χ4n) is 1.96. The Bertz CT molecular complexity index is 677. The number of benzene rings is 1. The van der Waals surface area contributed by atoms with Crippen molar-refractivity contribution < 1.29 is 14.0 Å². The molecular weight excluding hydrogens is 311 g/mol. The topological polar surface area (TPSA) is 74.3 Å². The molecule has 7 heteroatoms. The summed E-state index contributed by atoms with van der Waals surface area (Å²) in [7, 11) is 1.65. The van der Waals surface area contributed by atoms with Gasteiger partial charge >= 0.3 is 6.03 Å². The number of aromatic nitrogens is 1. The van der Waals surface area contributed by atoms with Crippen LogP contribution in [-0.4, -0.2) is 35.4 Å². The Morgan fingerprint density at radius 3 is 2.54 bits per heavy atom. The van der Waals surface area contributed by atoms with Crippen molar-refractivity contribution in [2.75, 3.05) is 13.6 Å². The van der Waals surface area contributed by atoms with Crippen LogP contribution in [0.2, 0.25) is 0 Å². The van der Waals surface area contributed by atoms with Crippen molar-refractivity contribution in [3.05, 3.63) is 65.7 Å². The van der Waals surface area contributed by atoms with Gasteiger partial charge < -0.3 is 15.5 Å². The molecule has 0 atom stereocenters. The van der Waals surface area contributed by atoms with E-state index in [1.807, 2.05) is 12.1 Å². The standard InChI is InChI=1S/C17H19FN4O2/c1-22(12-15-4-2-3-9-19-15)16(23)11-21-17(24)20-10-13-5-7-14(18)8-6-13/h2-9H,10-12H2,1H3,(H2,20,21,24). The van der Waals surface area contributed by atoms with Crippen molar-refractivity contribution in [2.24, 2.45) is 0 Å². The van der Waals surface area contributed by atoms with Crippen LogP contribution in [0.15, 0.2) is 48.7 Å². The summed E-state index contributed by atoms with van der Waals surface area (Å²) in [4.78, 5) is 29.3. The number of likely N-dealkylation sites (N-methyl/N-ethyl adjacent to an activating group) is 1. The summed E-state index contributed by atoms with van der Waals surface area (Å²) in [6.07, 6.45) is 1.66. The molecule has 0 unspecified atom stereocenters. The van der Waals surface area contributed by atoms with E-state index in [1.165, 1.54) is 17.0 Å². The van der Waals surface area contributed by atoms with Crippen LogP contribution in [0, 0.1) is 5.82 Å². The summed E-state index contributed by atoms with van der Waals surface area (Å²) < 4.78 is 12.8. The van der Waals surface area contributed by atoms with Gasteiger partial charge in [-0.15, -0.1) is 0 Å². The third kappa shape index (κ3) is 5.68. The van der Waals surface area contributed by atoms with Crippen LogP contribution in [0.3, 0.4) is 0 Å². The van der Waals surface area contributed by atoms with Gasteiger partial charge in [-0.25, -0.2) is 9.18 Å². The molecule has 0 aliphatic rings. The van der Waals surface area contributed by atoms with E-state index in [2.05, 4.69) is 15.6 Å². The summed E-state index contributed by atoms with van der Waals surface area (Å²) in [6, 6.07) is 10.8. The highest BCUT2D eigenvalue weighted by Gasteiger charge is 2.11. The van der Waals surface area contributed by atoms with E-state index >= 15 is 0 Å². The first-order valence-corrected chi connectivity index (χ1v) is 7.44. The molecule has 2 rings (SSSR count). The Hall–Kier alpha value is -2.96. The Morgan fingerprint density at radius 1 is 1.12 bits per heavy atom. The first-order valence-electron chi connectivity index (χ1n) is 7.44. The molecule has 1 heterocycles. The molecule has 0 saturated heterocycles. The molecule has 2 aromatic rings. The fraction of sp³-hybridized carbons (Fsp3) is 0.235. The van der Waals surface area contributed by atoms with Crippen LogP contribution in [0.1, 0.15) is 11.3 Å². The van der Waals surface area contributed by atoms with E-state index in [0.29, 0.717) is 6.54 Å². The summed E-state index contributed by atoms with van der Waals surface area (Å²) >= 11 is 0. The number of carbonyl (C=O) groups excluding carboxylic acids is 2. The van der Waals surface area contributed by atoms with Gasteiger partial charge in [0.25, 0.3) is 0 Å². The highest BCUT2D eigenvalue weighted by molar-refractivity contribution is 5.83. The molecule has 24 heavy (non-hydrogen) atoms. The molecule has 0 aliphatic carbocycles. The van der Waals surface area contributed by atoms with Crippen molar-refractivity contribution >= 4 is 11.9 Å². The van der Waals surface area contributed by atoms with Gasteiger partial charge in [0.15, 0.2) is 0 Å². The second kappa shape index (κ2) is 8.61. The third-order valence-corrected chi connectivity index (χ3v) is 3.32. The van der Waals surface area contributed by atoms with E-state index in [9.17, 15) is 14.0 Å². The van der Waals surface area contributed by atoms with Crippen LogP contribution >= 0.6 is 0 Å². The second-order valence-corrected chi connectivity index (χ2v) is 5.23. The van der Waals surface area contributed by atoms with Crippen LogP contribution < -0.4 is 10.6 Å². The van der Waals surface area contributed by atoms with Crippen LogP contribution in [0.5, 0.6) is 0 Å². The maximum Gasteiger partial charge on any atom is 0.315 e. The lowest BCUT2D eigenvalue weighted by Crippen LogP contribution is -2.42. The number of rotatable bonds is 6. The van der Waals surface area contributed by atoms with Crippen molar-refractivity contribution in [1.82, 2.24) is 20.5 Å². The summed E-state index contributed by atoms with van der Waals surface area (Å²) in [5.41, 5.74) is 1.54. The quantitative estimate of drug-likeness (QED) is 0.846. The first-order chi connectivity index (χ1) is 11.5. The molecule has 1 aromatic carbocycles. The van der Waals surface area contributed by atoms with E-state index in [-0.39, 0.29) is 24.8 Å². The van der Waals surface area contributed by atoms with Crippen molar-refractivity contribution in [2.45, 2.75) is 13.1 Å². The smallest absolute Gasteiger partial charge is 0.315 e. The van der Waals surface area contributed by atoms with Crippen molar-refractivity contribution in [3.8, 4) is 0 Å². The minimum Gasteiger partial charge on any atom is -0.338 e. The van der Waals surface area contributed by atoms with Gasteiger partial charge in [0.1, 0.15) is 5.82 Å². The molecule has 0 saturated carbocycles. The zero-order valence-electron chi connectivity index (χ0n) is 13.3. The summed E-state index contributed by atoms with van der Waals surface area (Å²) in [6.45, 7) is 0.515. The van der Waals surface area contributed by atoms with E-state index in [1.54, 1.807) is 31.4 Å². The number of hydrogen-bond acceptors (Lipinski definition) is 3. The number of hydrogen-bond donors (Lipinski definition) is 2. The van der Waals surface area contributed by atoms with E-state index < -0.39 is 6.03 Å². The number of urea groups is 1. The molecule has 0 spiro atoms. The minimum atomic E-state index is -0.459. The van der Waals surface area contributed by atoms with E-state index in [0.717, 1.165) is 11.3 Å².